The monoisotopic (exact) mass is 373 g/mol. The van der Waals surface area contributed by atoms with Crippen LogP contribution in [0, 0.1) is 0 Å². The lowest BCUT2D eigenvalue weighted by Crippen LogP contribution is -2.32. The summed E-state index contributed by atoms with van der Waals surface area (Å²) in [6.45, 7) is 0.944. The van der Waals surface area contributed by atoms with Gasteiger partial charge in [0, 0.05) is 35.2 Å². The van der Waals surface area contributed by atoms with Crippen LogP contribution >= 0.6 is 0 Å². The molecule has 4 nitrogen and oxygen atoms in total. The minimum absolute atomic E-state index is 0.363. The average molecular weight is 374 g/mol. The smallest absolute Gasteiger partial charge is 0.249 e. The number of fused-ring (bicyclic) bond motifs is 1. The Morgan fingerprint density at radius 1 is 1.07 bits per heavy atom. The van der Waals surface area contributed by atoms with Gasteiger partial charge in [-0.3, -0.25) is 4.79 Å². The van der Waals surface area contributed by atoms with Crippen LogP contribution in [0.25, 0.3) is 16.5 Å². The standard InChI is InChI=1S/C24H27N3O/c25-24(28)21-11-6-12-22-23(21)19(16-27-22)9-4-5-10-20-15-18(13-14-26-20)17-7-2-1-3-8-17/h1-3,6-8,11-13,16,20,26-27H,4-5,9-10,14-15H2,(H2,25,28). The third kappa shape index (κ3) is 4.02. The molecule has 1 aliphatic rings. The number of benzene rings is 2. The third-order valence-electron chi connectivity index (χ3n) is 5.67. The first-order valence-corrected chi connectivity index (χ1v) is 10.1. The molecule has 0 bridgehead atoms. The number of nitrogens with two attached hydrogens (primary N) is 1. The lowest BCUT2D eigenvalue weighted by Gasteiger charge is -2.24. The Hall–Kier alpha value is -2.85. The molecule has 0 saturated heterocycles. The van der Waals surface area contributed by atoms with Gasteiger partial charge in [-0.25, -0.2) is 0 Å². The maximum absolute atomic E-state index is 11.7. The van der Waals surface area contributed by atoms with Crippen molar-refractivity contribution in [2.75, 3.05) is 6.54 Å². The van der Waals surface area contributed by atoms with Crippen LogP contribution < -0.4 is 11.1 Å². The van der Waals surface area contributed by atoms with Crippen LogP contribution in [0.4, 0.5) is 0 Å². The molecular weight excluding hydrogens is 346 g/mol. The number of nitrogens with one attached hydrogen (secondary N) is 2. The Morgan fingerprint density at radius 2 is 1.93 bits per heavy atom. The first kappa shape index (κ1) is 18.5. The number of amides is 1. The van der Waals surface area contributed by atoms with Crippen LogP contribution in [0.5, 0.6) is 0 Å². The molecule has 4 heteroatoms. The van der Waals surface area contributed by atoms with Crippen molar-refractivity contribution in [1.82, 2.24) is 10.3 Å². The van der Waals surface area contributed by atoms with Crippen molar-refractivity contribution in [3.63, 3.8) is 0 Å². The van der Waals surface area contributed by atoms with Crippen LogP contribution in [0.15, 0.2) is 60.8 Å². The highest BCUT2D eigenvalue weighted by Gasteiger charge is 2.16. The van der Waals surface area contributed by atoms with Crippen molar-refractivity contribution in [2.45, 2.75) is 38.1 Å². The minimum atomic E-state index is -0.363. The molecule has 1 aliphatic heterocycles. The summed E-state index contributed by atoms with van der Waals surface area (Å²) in [7, 11) is 0. The summed E-state index contributed by atoms with van der Waals surface area (Å²) in [4.78, 5) is 15.0. The highest BCUT2D eigenvalue weighted by molar-refractivity contribution is 6.06. The number of aromatic nitrogens is 1. The van der Waals surface area contributed by atoms with E-state index in [-0.39, 0.29) is 5.91 Å². The fourth-order valence-electron chi connectivity index (χ4n) is 4.23. The van der Waals surface area contributed by atoms with E-state index in [0.717, 1.165) is 49.6 Å². The second-order valence-corrected chi connectivity index (χ2v) is 7.56. The lowest BCUT2D eigenvalue weighted by molar-refractivity contribution is 0.100. The van der Waals surface area contributed by atoms with Crippen LogP contribution in [0.3, 0.4) is 0 Å². The van der Waals surface area contributed by atoms with Crippen molar-refractivity contribution in [1.29, 1.82) is 0 Å². The van der Waals surface area contributed by atoms with Gasteiger partial charge >= 0.3 is 0 Å². The first-order chi connectivity index (χ1) is 13.7. The Labute approximate surface area is 165 Å². The Kier molecular flexibility index (Phi) is 5.58. The van der Waals surface area contributed by atoms with Gasteiger partial charge in [-0.1, -0.05) is 48.9 Å². The molecule has 0 spiro atoms. The van der Waals surface area contributed by atoms with E-state index in [1.54, 1.807) is 0 Å². The number of carbonyl (C=O) groups excluding carboxylic acids is 1. The second-order valence-electron chi connectivity index (χ2n) is 7.56. The number of hydrogen-bond acceptors (Lipinski definition) is 2. The van der Waals surface area contributed by atoms with Gasteiger partial charge in [0.25, 0.3) is 0 Å². The van der Waals surface area contributed by atoms with Crippen molar-refractivity contribution in [3.05, 3.63) is 77.5 Å². The molecule has 0 radical (unpaired) electrons. The molecule has 28 heavy (non-hydrogen) atoms. The highest BCUT2D eigenvalue weighted by atomic mass is 16.1. The summed E-state index contributed by atoms with van der Waals surface area (Å²) < 4.78 is 0. The Balaban J connectivity index is 1.33. The van der Waals surface area contributed by atoms with Crippen molar-refractivity contribution >= 4 is 22.4 Å². The molecule has 1 aromatic heterocycles. The van der Waals surface area contributed by atoms with Gasteiger partial charge in [0.05, 0.1) is 0 Å². The van der Waals surface area contributed by atoms with E-state index in [0.29, 0.717) is 11.6 Å². The quantitative estimate of drug-likeness (QED) is 0.536. The number of H-pyrrole nitrogens is 1. The average Bonchev–Trinajstić information content (AvgIpc) is 3.15. The zero-order chi connectivity index (χ0) is 19.3. The molecule has 0 aliphatic carbocycles. The van der Waals surface area contributed by atoms with Crippen LogP contribution in [0.1, 0.15) is 47.2 Å². The van der Waals surface area contributed by atoms with Crippen LogP contribution in [-0.4, -0.2) is 23.5 Å². The summed E-state index contributed by atoms with van der Waals surface area (Å²) in [6.07, 6.45) is 9.79. The van der Waals surface area contributed by atoms with Gasteiger partial charge in [0.2, 0.25) is 5.91 Å². The molecule has 2 heterocycles. The molecule has 144 valence electrons. The van der Waals surface area contributed by atoms with Gasteiger partial charge in [0.1, 0.15) is 0 Å². The SMILES string of the molecule is NC(=O)c1cccc2[nH]cc(CCCCC3CC(c4ccccc4)=CCN3)c12. The van der Waals surface area contributed by atoms with Gasteiger partial charge in [0.15, 0.2) is 0 Å². The van der Waals surface area contributed by atoms with E-state index < -0.39 is 0 Å². The number of carbonyl (C=O) groups is 1. The number of aryl methyl sites for hydroxylation is 1. The van der Waals surface area contributed by atoms with E-state index in [9.17, 15) is 4.79 Å². The topological polar surface area (TPSA) is 70.9 Å². The lowest BCUT2D eigenvalue weighted by atomic mass is 9.92. The van der Waals surface area contributed by atoms with Gasteiger partial charge in [-0.05, 0) is 54.5 Å². The zero-order valence-electron chi connectivity index (χ0n) is 16.1. The zero-order valence-corrected chi connectivity index (χ0v) is 16.1. The molecule has 1 unspecified atom stereocenters. The number of rotatable bonds is 7. The summed E-state index contributed by atoms with van der Waals surface area (Å²) in [6, 6.07) is 16.9. The summed E-state index contributed by atoms with van der Waals surface area (Å²) in [5.74, 6) is -0.363. The maximum Gasteiger partial charge on any atom is 0.249 e. The number of primary amides is 1. The second kappa shape index (κ2) is 8.44. The summed E-state index contributed by atoms with van der Waals surface area (Å²) in [5, 5.41) is 4.61. The molecular formula is C24H27N3O. The predicted molar refractivity (Wildman–Crippen MR) is 115 cm³/mol. The Bertz CT molecular complexity index is 988. The molecule has 4 rings (SSSR count). The number of hydrogen-bond donors (Lipinski definition) is 3. The van der Waals surface area contributed by atoms with Crippen LogP contribution in [0.2, 0.25) is 0 Å². The van der Waals surface area contributed by atoms with Crippen molar-refractivity contribution in [2.24, 2.45) is 5.73 Å². The molecule has 0 fully saturated rings. The van der Waals surface area contributed by atoms with Crippen molar-refractivity contribution < 1.29 is 4.79 Å². The largest absolute Gasteiger partial charge is 0.366 e. The van der Waals surface area contributed by atoms with E-state index in [1.165, 1.54) is 16.7 Å². The molecule has 3 aromatic rings. The normalized spacial score (nSPS) is 16.9. The van der Waals surface area contributed by atoms with E-state index in [2.05, 4.69) is 46.7 Å². The molecule has 2 aromatic carbocycles. The van der Waals surface area contributed by atoms with E-state index in [1.807, 2.05) is 24.4 Å². The first-order valence-electron chi connectivity index (χ1n) is 10.1. The fourth-order valence-corrected chi connectivity index (χ4v) is 4.23. The molecule has 1 amide bonds. The number of unbranched alkanes of at least 4 members (excludes halogenated alkanes) is 1. The minimum Gasteiger partial charge on any atom is -0.366 e. The highest BCUT2D eigenvalue weighted by Crippen LogP contribution is 2.26. The molecule has 0 saturated carbocycles. The summed E-state index contributed by atoms with van der Waals surface area (Å²) in [5.41, 5.74) is 11.1. The van der Waals surface area contributed by atoms with Gasteiger partial charge in [-0.2, -0.15) is 0 Å². The molecule has 4 N–H and O–H groups in total. The van der Waals surface area contributed by atoms with E-state index >= 15 is 0 Å². The van der Waals surface area contributed by atoms with Gasteiger partial charge < -0.3 is 16.0 Å². The third-order valence-corrected chi connectivity index (χ3v) is 5.67. The predicted octanol–water partition coefficient (Wildman–Crippen LogP) is 4.43. The maximum atomic E-state index is 11.7. The van der Waals surface area contributed by atoms with Gasteiger partial charge in [-0.15, -0.1) is 0 Å². The van der Waals surface area contributed by atoms with Crippen molar-refractivity contribution in [3.8, 4) is 0 Å². The Morgan fingerprint density at radius 3 is 2.75 bits per heavy atom. The van der Waals surface area contributed by atoms with E-state index in [4.69, 9.17) is 5.73 Å². The fraction of sp³-hybridized carbons (Fsp3) is 0.292. The van der Waals surface area contributed by atoms with Crippen LogP contribution in [-0.2, 0) is 6.42 Å². The summed E-state index contributed by atoms with van der Waals surface area (Å²) >= 11 is 0. The molecule has 1 atom stereocenters. The number of aromatic amines is 1.